The monoisotopic (exact) mass is 552 g/mol. The van der Waals surface area contributed by atoms with Crippen molar-refractivity contribution in [3.8, 4) is 5.75 Å². The summed E-state index contributed by atoms with van der Waals surface area (Å²) in [7, 11) is -4.13. The zero-order valence-electron chi connectivity index (χ0n) is 19.5. The highest BCUT2D eigenvalue weighted by Gasteiger charge is 2.24. The molecule has 1 atom stereocenters. The Hall–Kier alpha value is -3.75. The second kappa shape index (κ2) is 13.0. The Morgan fingerprint density at radius 2 is 1.62 bits per heavy atom. The summed E-state index contributed by atoms with van der Waals surface area (Å²) < 4.78 is 27.3. The molecule has 0 aliphatic carbocycles. The maximum atomic E-state index is 12.6. The van der Waals surface area contributed by atoms with E-state index in [1.165, 1.54) is 31.2 Å². The number of rotatable bonds is 14. The quantitative estimate of drug-likeness (QED) is 0.224. The number of aromatic hydroxyl groups is 1. The molecule has 0 aromatic heterocycles. The van der Waals surface area contributed by atoms with E-state index in [1.807, 2.05) is 0 Å². The van der Waals surface area contributed by atoms with Crippen molar-refractivity contribution >= 4 is 51.2 Å². The van der Waals surface area contributed by atoms with Crippen LogP contribution in [0.5, 0.6) is 5.75 Å². The minimum Gasteiger partial charge on any atom is -0.507 e. The third kappa shape index (κ3) is 9.00. The number of nitrogens with one attached hydrogen (secondary N) is 2. The Kier molecular flexibility index (Phi) is 10.3. The number of hydrogen-bond acceptors (Lipinski definition) is 9. The van der Waals surface area contributed by atoms with E-state index in [0.29, 0.717) is 5.56 Å². The van der Waals surface area contributed by atoms with Gasteiger partial charge in [0.15, 0.2) is 5.78 Å². The summed E-state index contributed by atoms with van der Waals surface area (Å²) >= 11 is 1.02. The minimum atomic E-state index is -4.13. The summed E-state index contributed by atoms with van der Waals surface area (Å²) in [6, 6.07) is 7.11. The average molecular weight is 553 g/mol. The highest BCUT2D eigenvalue weighted by Crippen LogP contribution is 2.21. The molecule has 0 aliphatic heterocycles. The Morgan fingerprint density at radius 1 is 0.973 bits per heavy atom. The molecule has 0 bridgehead atoms. The number of carbonyl (C=O) groups excluding carboxylic acids is 3. The molecular formula is C23H24N2O10S2. The van der Waals surface area contributed by atoms with Crippen LogP contribution in [0.15, 0.2) is 47.4 Å². The van der Waals surface area contributed by atoms with Crippen molar-refractivity contribution in [2.24, 2.45) is 0 Å². The maximum absolute atomic E-state index is 12.6. The second-order valence-electron chi connectivity index (χ2n) is 7.79. The van der Waals surface area contributed by atoms with Gasteiger partial charge in [-0.1, -0.05) is 12.1 Å². The van der Waals surface area contributed by atoms with Crippen molar-refractivity contribution in [2.75, 3.05) is 11.5 Å². The summed E-state index contributed by atoms with van der Waals surface area (Å²) in [6.07, 6.45) is -0.633. The summed E-state index contributed by atoms with van der Waals surface area (Å²) in [6.45, 7) is 1.15. The highest BCUT2D eigenvalue weighted by molar-refractivity contribution is 8.00. The molecule has 37 heavy (non-hydrogen) atoms. The molecule has 2 aromatic rings. The van der Waals surface area contributed by atoms with E-state index < -0.39 is 57.4 Å². The van der Waals surface area contributed by atoms with E-state index in [0.717, 1.165) is 30.0 Å². The van der Waals surface area contributed by atoms with Crippen LogP contribution in [0, 0.1) is 0 Å². The van der Waals surface area contributed by atoms with Gasteiger partial charge in [-0.3, -0.25) is 19.2 Å². The lowest BCUT2D eigenvalue weighted by Crippen LogP contribution is -2.43. The number of sulfonamides is 1. The Bertz CT molecular complexity index is 1310. The lowest BCUT2D eigenvalue weighted by Gasteiger charge is -2.16. The number of aliphatic carboxylic acids is 1. The van der Waals surface area contributed by atoms with E-state index in [2.05, 4.69) is 10.0 Å². The lowest BCUT2D eigenvalue weighted by atomic mass is 10.1. The third-order valence-electron chi connectivity index (χ3n) is 4.81. The number of hydrogen-bond donors (Lipinski definition) is 5. The molecule has 0 fully saturated rings. The number of aromatic carboxylic acids is 1. The minimum absolute atomic E-state index is 0.0815. The third-order valence-corrected chi connectivity index (χ3v) is 7.31. The molecule has 0 aliphatic rings. The number of carboxylic acid groups (broad SMARTS) is 2. The van der Waals surface area contributed by atoms with E-state index in [4.69, 9.17) is 10.2 Å². The summed E-state index contributed by atoms with van der Waals surface area (Å²) in [5.41, 5.74) is -0.0395. The smallest absolute Gasteiger partial charge is 0.339 e. The maximum Gasteiger partial charge on any atom is 0.339 e. The zero-order chi connectivity index (χ0) is 27.8. The fourth-order valence-corrected chi connectivity index (χ4v) is 4.78. The van der Waals surface area contributed by atoms with Gasteiger partial charge in [-0.15, -0.1) is 11.8 Å². The molecule has 198 valence electrons. The number of ketones is 2. The first kappa shape index (κ1) is 29.5. The molecule has 2 aromatic carbocycles. The van der Waals surface area contributed by atoms with E-state index in [1.54, 1.807) is 0 Å². The van der Waals surface area contributed by atoms with Gasteiger partial charge in [0.25, 0.3) is 5.91 Å². The van der Waals surface area contributed by atoms with E-state index in [9.17, 15) is 37.5 Å². The molecule has 14 heteroatoms. The number of phenols is 1. The fraction of sp³-hybridized carbons (Fsp3) is 0.261. The van der Waals surface area contributed by atoms with Gasteiger partial charge in [-0.25, -0.2) is 17.9 Å². The van der Waals surface area contributed by atoms with Crippen LogP contribution in [0.3, 0.4) is 0 Å². The first-order valence-corrected chi connectivity index (χ1v) is 13.2. The summed E-state index contributed by atoms with van der Waals surface area (Å²) in [5.74, 6) is -4.84. The van der Waals surface area contributed by atoms with Crippen LogP contribution < -0.4 is 10.0 Å². The molecular weight excluding hydrogens is 528 g/mol. The lowest BCUT2D eigenvalue weighted by molar-refractivity contribution is -0.139. The molecule has 0 saturated heterocycles. The first-order chi connectivity index (χ1) is 17.3. The SMILES string of the molecule is CC(=O)CSCC(=O)C(CC(=O)O)NC(=O)c1ccc(CNS(=O)(=O)c2ccc(O)c(C(=O)O)c2)cc1. The Morgan fingerprint density at radius 3 is 2.19 bits per heavy atom. The van der Waals surface area contributed by atoms with Crippen molar-refractivity contribution in [3.05, 3.63) is 59.2 Å². The normalized spacial score (nSPS) is 11.9. The standard InChI is InChI=1S/C23H24N2O10S2/c1-13(26)11-36-12-20(28)18(9-21(29)30)25-22(31)15-4-2-14(3-5-15)10-24-37(34,35)16-6-7-19(27)17(8-16)23(32)33/h2-8,18,24,27H,9-12H2,1H3,(H,25,31)(H,29,30)(H,32,33). The predicted molar refractivity (Wildman–Crippen MR) is 132 cm³/mol. The fourth-order valence-electron chi connectivity index (χ4n) is 2.95. The van der Waals surface area contributed by atoms with Crippen LogP contribution in [0.2, 0.25) is 0 Å². The Labute approximate surface area is 216 Å². The van der Waals surface area contributed by atoms with Gasteiger partial charge < -0.3 is 20.6 Å². The molecule has 5 N–H and O–H groups in total. The first-order valence-electron chi connectivity index (χ1n) is 10.6. The summed E-state index contributed by atoms with van der Waals surface area (Å²) in [5, 5.41) is 30.0. The number of amides is 1. The van der Waals surface area contributed by atoms with Crippen LogP contribution in [-0.2, 0) is 31.0 Å². The van der Waals surface area contributed by atoms with Gasteiger partial charge >= 0.3 is 11.9 Å². The van der Waals surface area contributed by atoms with Crippen molar-refractivity contribution in [1.82, 2.24) is 10.0 Å². The molecule has 12 nitrogen and oxygen atoms in total. The largest absolute Gasteiger partial charge is 0.507 e. The molecule has 2 rings (SSSR count). The zero-order valence-corrected chi connectivity index (χ0v) is 21.1. The van der Waals surface area contributed by atoms with Crippen molar-refractivity contribution in [1.29, 1.82) is 0 Å². The van der Waals surface area contributed by atoms with Crippen LogP contribution >= 0.6 is 11.8 Å². The van der Waals surface area contributed by atoms with Gasteiger partial charge in [0.1, 0.15) is 17.1 Å². The number of carbonyl (C=O) groups is 5. The molecule has 1 unspecified atom stereocenters. The van der Waals surface area contributed by atoms with E-state index in [-0.39, 0.29) is 34.3 Å². The van der Waals surface area contributed by atoms with Crippen LogP contribution in [0.25, 0.3) is 0 Å². The number of benzene rings is 2. The van der Waals surface area contributed by atoms with Crippen LogP contribution in [0.4, 0.5) is 0 Å². The molecule has 0 saturated carbocycles. The number of carboxylic acids is 2. The molecule has 0 radical (unpaired) electrons. The van der Waals surface area contributed by atoms with Gasteiger partial charge in [0.2, 0.25) is 10.0 Å². The Balaban J connectivity index is 2.04. The topological polar surface area (TPSA) is 204 Å². The summed E-state index contributed by atoms with van der Waals surface area (Å²) in [4.78, 5) is 57.8. The highest BCUT2D eigenvalue weighted by atomic mass is 32.2. The van der Waals surface area contributed by atoms with Crippen molar-refractivity contribution < 1.29 is 47.7 Å². The van der Waals surface area contributed by atoms with Crippen molar-refractivity contribution in [3.63, 3.8) is 0 Å². The average Bonchev–Trinajstić information content (AvgIpc) is 2.82. The number of Topliss-reactive ketones (excluding diaryl/α,β-unsaturated/α-hetero) is 2. The van der Waals surface area contributed by atoms with Gasteiger partial charge in [0.05, 0.1) is 28.9 Å². The van der Waals surface area contributed by atoms with Crippen LogP contribution in [0.1, 0.15) is 39.6 Å². The van der Waals surface area contributed by atoms with Gasteiger partial charge in [-0.2, -0.15) is 0 Å². The van der Waals surface area contributed by atoms with Crippen molar-refractivity contribution in [2.45, 2.75) is 30.8 Å². The second-order valence-corrected chi connectivity index (χ2v) is 10.5. The van der Waals surface area contributed by atoms with Gasteiger partial charge in [0, 0.05) is 12.1 Å². The van der Waals surface area contributed by atoms with Gasteiger partial charge in [-0.05, 0) is 42.8 Å². The molecule has 1 amide bonds. The molecule has 0 spiro atoms. The number of thioether (sulfide) groups is 1. The molecule has 0 heterocycles. The van der Waals surface area contributed by atoms with Crippen LogP contribution in [-0.4, -0.2) is 70.7 Å². The van der Waals surface area contributed by atoms with E-state index >= 15 is 0 Å². The predicted octanol–water partition coefficient (Wildman–Crippen LogP) is 1.03.